The highest BCUT2D eigenvalue weighted by Crippen LogP contribution is 2.48. The van der Waals surface area contributed by atoms with Gasteiger partial charge in [-0.05, 0) is 6.92 Å². The molecule has 0 amide bonds. The van der Waals surface area contributed by atoms with Gasteiger partial charge in [0.25, 0.3) is 0 Å². The van der Waals surface area contributed by atoms with Gasteiger partial charge in [0.05, 0.1) is 26.4 Å². The summed E-state index contributed by atoms with van der Waals surface area (Å²) in [7, 11) is 4.54. The van der Waals surface area contributed by atoms with E-state index in [0.29, 0.717) is 27.3 Å². The van der Waals surface area contributed by atoms with Crippen LogP contribution in [0.5, 0.6) is 17.2 Å². The molecular weight excluding hydrogens is 239 g/mol. The van der Waals surface area contributed by atoms with E-state index < -0.39 is 0 Å². The van der Waals surface area contributed by atoms with Gasteiger partial charge in [0.1, 0.15) is 5.02 Å². The van der Waals surface area contributed by atoms with Gasteiger partial charge in [0.15, 0.2) is 17.2 Å². The first kappa shape index (κ1) is 12.3. The number of hydrogen-bond donors (Lipinski definition) is 0. The molecule has 0 spiro atoms. The second kappa shape index (κ2) is 4.81. The Morgan fingerprint density at radius 2 is 1.20 bits per heavy atom. The molecule has 0 aliphatic rings. The molecule has 0 aliphatic carbocycles. The lowest BCUT2D eigenvalue weighted by Gasteiger charge is -2.16. The van der Waals surface area contributed by atoms with E-state index in [4.69, 9.17) is 37.4 Å². The molecule has 0 bridgehead atoms. The van der Waals surface area contributed by atoms with E-state index in [-0.39, 0.29) is 0 Å². The average Bonchev–Trinajstić information content (AvgIpc) is 2.23. The van der Waals surface area contributed by atoms with Gasteiger partial charge >= 0.3 is 0 Å². The average molecular weight is 251 g/mol. The standard InChI is InChI=1S/C10H12Cl2O3/c1-5-6(11)9(14-3)7(12)10(15-4)8(5)13-2/h1-4H3. The maximum atomic E-state index is 6.07. The van der Waals surface area contributed by atoms with Crippen molar-refractivity contribution in [3.05, 3.63) is 15.6 Å². The van der Waals surface area contributed by atoms with Crippen molar-refractivity contribution in [3.8, 4) is 17.2 Å². The highest BCUT2D eigenvalue weighted by Gasteiger charge is 2.21. The smallest absolute Gasteiger partial charge is 0.183 e. The van der Waals surface area contributed by atoms with Crippen LogP contribution in [0.1, 0.15) is 5.56 Å². The van der Waals surface area contributed by atoms with Gasteiger partial charge in [-0.1, -0.05) is 23.2 Å². The Bertz CT molecular complexity index is 378. The highest BCUT2D eigenvalue weighted by atomic mass is 35.5. The zero-order valence-electron chi connectivity index (χ0n) is 8.98. The summed E-state index contributed by atoms with van der Waals surface area (Å²) in [6.45, 7) is 1.81. The number of methoxy groups -OCH3 is 3. The van der Waals surface area contributed by atoms with Crippen LogP contribution >= 0.6 is 23.2 Å². The number of ether oxygens (including phenoxy) is 3. The van der Waals surface area contributed by atoms with E-state index in [2.05, 4.69) is 0 Å². The fourth-order valence-electron chi connectivity index (χ4n) is 1.35. The predicted molar refractivity (Wildman–Crippen MR) is 60.9 cm³/mol. The molecule has 0 aliphatic heterocycles. The minimum Gasteiger partial charge on any atom is -0.493 e. The van der Waals surface area contributed by atoms with Crippen LogP contribution in [0.4, 0.5) is 0 Å². The third-order valence-corrected chi connectivity index (χ3v) is 2.88. The summed E-state index contributed by atoms with van der Waals surface area (Å²) in [6, 6.07) is 0. The van der Waals surface area contributed by atoms with Crippen molar-refractivity contribution >= 4 is 23.2 Å². The van der Waals surface area contributed by atoms with Crippen molar-refractivity contribution < 1.29 is 14.2 Å². The van der Waals surface area contributed by atoms with Gasteiger partial charge in [-0.15, -0.1) is 0 Å². The van der Waals surface area contributed by atoms with Crippen LogP contribution in [-0.4, -0.2) is 21.3 Å². The van der Waals surface area contributed by atoms with E-state index in [1.807, 2.05) is 6.92 Å². The summed E-state index contributed by atoms with van der Waals surface area (Å²) in [5, 5.41) is 0.743. The van der Waals surface area contributed by atoms with Gasteiger partial charge in [0, 0.05) is 5.56 Å². The molecule has 1 rings (SSSR count). The van der Waals surface area contributed by atoms with E-state index in [1.54, 1.807) is 0 Å². The van der Waals surface area contributed by atoms with Crippen LogP contribution in [0.2, 0.25) is 10.0 Å². The lowest BCUT2D eigenvalue weighted by molar-refractivity contribution is 0.347. The molecule has 15 heavy (non-hydrogen) atoms. The Labute approximate surface area is 98.8 Å². The zero-order chi connectivity index (χ0) is 11.6. The van der Waals surface area contributed by atoms with Gasteiger partial charge in [-0.25, -0.2) is 0 Å². The van der Waals surface area contributed by atoms with Crippen LogP contribution in [0.3, 0.4) is 0 Å². The maximum Gasteiger partial charge on any atom is 0.183 e. The van der Waals surface area contributed by atoms with Crippen molar-refractivity contribution in [2.24, 2.45) is 0 Å². The summed E-state index contributed by atoms with van der Waals surface area (Å²) in [6.07, 6.45) is 0. The van der Waals surface area contributed by atoms with Crippen LogP contribution in [-0.2, 0) is 0 Å². The monoisotopic (exact) mass is 250 g/mol. The molecule has 0 unspecified atom stereocenters. The molecule has 0 radical (unpaired) electrons. The van der Waals surface area contributed by atoms with E-state index in [0.717, 1.165) is 5.56 Å². The molecule has 0 aromatic heterocycles. The molecule has 0 N–H and O–H groups in total. The molecule has 0 saturated heterocycles. The largest absolute Gasteiger partial charge is 0.493 e. The van der Waals surface area contributed by atoms with Crippen molar-refractivity contribution in [2.45, 2.75) is 6.92 Å². The molecule has 0 fully saturated rings. The van der Waals surface area contributed by atoms with Gasteiger partial charge < -0.3 is 14.2 Å². The molecular formula is C10H12Cl2O3. The van der Waals surface area contributed by atoms with Crippen LogP contribution in [0.25, 0.3) is 0 Å². The molecule has 1 aromatic carbocycles. The van der Waals surface area contributed by atoms with Crippen LogP contribution in [0.15, 0.2) is 0 Å². The SMILES string of the molecule is COc1c(Cl)c(C)c(OC)c(OC)c1Cl. The molecule has 3 nitrogen and oxygen atoms in total. The Kier molecular flexibility index (Phi) is 3.94. The van der Waals surface area contributed by atoms with Crippen molar-refractivity contribution in [1.82, 2.24) is 0 Å². The minimum absolute atomic E-state index is 0.312. The first-order valence-corrected chi connectivity index (χ1v) is 4.97. The molecule has 0 atom stereocenters. The number of rotatable bonds is 3. The fraction of sp³-hybridized carbons (Fsp3) is 0.400. The topological polar surface area (TPSA) is 27.7 Å². The quantitative estimate of drug-likeness (QED) is 0.824. The Hall–Kier alpha value is -0.800. The first-order chi connectivity index (χ1) is 7.08. The highest BCUT2D eigenvalue weighted by molar-refractivity contribution is 6.39. The summed E-state index contributed by atoms with van der Waals surface area (Å²) in [5.74, 6) is 1.35. The number of hydrogen-bond acceptors (Lipinski definition) is 3. The maximum absolute atomic E-state index is 6.07. The zero-order valence-corrected chi connectivity index (χ0v) is 10.5. The molecule has 0 saturated carbocycles. The van der Waals surface area contributed by atoms with Crippen LogP contribution in [0, 0.1) is 6.92 Å². The predicted octanol–water partition coefficient (Wildman–Crippen LogP) is 3.33. The Morgan fingerprint density at radius 3 is 1.60 bits per heavy atom. The lowest BCUT2D eigenvalue weighted by atomic mass is 10.2. The fourth-order valence-corrected chi connectivity index (χ4v) is 1.99. The minimum atomic E-state index is 0.312. The van der Waals surface area contributed by atoms with Crippen molar-refractivity contribution in [1.29, 1.82) is 0 Å². The summed E-state index contributed by atoms with van der Waals surface area (Å²) in [5.41, 5.74) is 0.734. The second-order valence-corrected chi connectivity index (χ2v) is 3.61. The molecule has 84 valence electrons. The normalized spacial score (nSPS) is 10.0. The van der Waals surface area contributed by atoms with Crippen molar-refractivity contribution in [3.63, 3.8) is 0 Å². The lowest BCUT2D eigenvalue weighted by Crippen LogP contribution is -1.98. The first-order valence-electron chi connectivity index (χ1n) is 4.22. The molecule has 1 aromatic rings. The second-order valence-electron chi connectivity index (χ2n) is 2.85. The van der Waals surface area contributed by atoms with Gasteiger partial charge in [0.2, 0.25) is 0 Å². The third kappa shape index (κ3) is 1.94. The summed E-state index contributed by atoms with van der Waals surface area (Å²) < 4.78 is 15.4. The number of benzene rings is 1. The summed E-state index contributed by atoms with van der Waals surface area (Å²) >= 11 is 12.1. The Morgan fingerprint density at radius 1 is 0.733 bits per heavy atom. The van der Waals surface area contributed by atoms with Gasteiger partial charge in [-0.2, -0.15) is 0 Å². The third-order valence-electron chi connectivity index (χ3n) is 2.09. The van der Waals surface area contributed by atoms with E-state index in [9.17, 15) is 0 Å². The molecule has 0 heterocycles. The summed E-state index contributed by atoms with van der Waals surface area (Å²) in [4.78, 5) is 0. The van der Waals surface area contributed by atoms with Crippen molar-refractivity contribution in [2.75, 3.05) is 21.3 Å². The van der Waals surface area contributed by atoms with Crippen LogP contribution < -0.4 is 14.2 Å². The molecule has 5 heteroatoms. The van der Waals surface area contributed by atoms with Gasteiger partial charge in [-0.3, -0.25) is 0 Å². The Balaban J connectivity index is 3.57. The number of halogens is 2. The van der Waals surface area contributed by atoms with E-state index >= 15 is 0 Å². The van der Waals surface area contributed by atoms with E-state index in [1.165, 1.54) is 21.3 Å².